The summed E-state index contributed by atoms with van der Waals surface area (Å²) in [7, 11) is 0. The first-order valence-electron chi connectivity index (χ1n) is 10.2. The van der Waals surface area contributed by atoms with E-state index in [0.717, 1.165) is 44.3 Å². The van der Waals surface area contributed by atoms with Crippen LogP contribution in [0.4, 0.5) is 0 Å². The van der Waals surface area contributed by atoms with Crippen molar-refractivity contribution >= 4 is 5.91 Å². The summed E-state index contributed by atoms with van der Waals surface area (Å²) in [6.07, 6.45) is 8.94. The molecule has 1 saturated carbocycles. The Balaban J connectivity index is 1.29. The van der Waals surface area contributed by atoms with Crippen molar-refractivity contribution in [3.8, 4) is 0 Å². The summed E-state index contributed by atoms with van der Waals surface area (Å²) in [5, 5.41) is 19.6. The van der Waals surface area contributed by atoms with Crippen molar-refractivity contribution in [2.75, 3.05) is 32.8 Å². The predicted molar refractivity (Wildman–Crippen MR) is 102 cm³/mol. The lowest BCUT2D eigenvalue weighted by atomic mass is 9.49. The molecule has 0 spiro atoms. The minimum atomic E-state index is -0.279. The van der Waals surface area contributed by atoms with Crippen molar-refractivity contribution in [3.05, 3.63) is 23.5 Å². The van der Waals surface area contributed by atoms with Gasteiger partial charge in [-0.15, -0.1) is 5.10 Å². The van der Waals surface area contributed by atoms with Gasteiger partial charge in [0.25, 0.3) is 5.91 Å². The van der Waals surface area contributed by atoms with E-state index >= 15 is 0 Å². The molecule has 2 atom stereocenters. The number of hydrogen-bond acceptors (Lipinski definition) is 5. The molecule has 0 radical (unpaired) electrons. The van der Waals surface area contributed by atoms with Crippen molar-refractivity contribution in [2.24, 2.45) is 17.3 Å². The third-order valence-electron chi connectivity index (χ3n) is 7.06. The molecule has 1 saturated heterocycles. The Kier molecular flexibility index (Phi) is 5.07. The summed E-state index contributed by atoms with van der Waals surface area (Å²) in [5.41, 5.74) is 2.47. The Morgan fingerprint density at radius 1 is 1.37 bits per heavy atom. The van der Waals surface area contributed by atoms with Gasteiger partial charge in [-0.25, -0.2) is 4.68 Å². The molecule has 2 fully saturated rings. The monoisotopic (exact) mass is 373 g/mol. The molecular formula is C20H31N5O2. The lowest BCUT2D eigenvalue weighted by Crippen LogP contribution is -2.50. The number of rotatable bonds is 6. The smallest absolute Gasteiger partial charge is 0.273 e. The Morgan fingerprint density at radius 2 is 2.15 bits per heavy atom. The number of carbonyl (C=O) groups excluding carboxylic acids is 1. The number of piperidine rings is 1. The molecule has 3 aliphatic carbocycles. The van der Waals surface area contributed by atoms with Gasteiger partial charge in [0.2, 0.25) is 0 Å². The van der Waals surface area contributed by atoms with Crippen molar-refractivity contribution in [1.82, 2.24) is 25.2 Å². The highest BCUT2D eigenvalue weighted by Crippen LogP contribution is 2.59. The highest BCUT2D eigenvalue weighted by atomic mass is 16.3. The fraction of sp³-hybridized carbons (Fsp3) is 0.750. The summed E-state index contributed by atoms with van der Waals surface area (Å²) in [5.74, 6) is 1.40. The minimum absolute atomic E-state index is 0.0759. The van der Waals surface area contributed by atoms with Crippen LogP contribution in [0.5, 0.6) is 0 Å². The van der Waals surface area contributed by atoms with E-state index in [1.54, 1.807) is 11.8 Å². The Labute approximate surface area is 160 Å². The van der Waals surface area contributed by atoms with Crippen molar-refractivity contribution < 1.29 is 9.90 Å². The molecule has 27 heavy (non-hydrogen) atoms. The summed E-state index contributed by atoms with van der Waals surface area (Å²) in [4.78, 5) is 14.5. The highest BCUT2D eigenvalue weighted by molar-refractivity contribution is 5.91. The quantitative estimate of drug-likeness (QED) is 0.741. The number of carbonyl (C=O) groups is 1. The van der Waals surface area contributed by atoms with Gasteiger partial charge in [-0.3, -0.25) is 9.69 Å². The molecule has 4 aliphatic rings. The van der Waals surface area contributed by atoms with Gasteiger partial charge in [-0.1, -0.05) is 30.7 Å². The number of fused-ring (bicyclic) bond motifs is 1. The highest BCUT2D eigenvalue weighted by Gasteiger charge is 2.51. The average Bonchev–Trinajstić information content (AvgIpc) is 3.17. The fourth-order valence-corrected chi connectivity index (χ4v) is 5.08. The minimum Gasteiger partial charge on any atom is -0.395 e. The number of aliphatic hydroxyl groups is 1. The Hall–Kier alpha value is -1.73. The molecule has 1 amide bonds. The third kappa shape index (κ3) is 3.55. The SMILES string of the molecule is CC1(C)[C@H]2CC=C(CN3CCC(n4cc(C(=O)NCCO)nn4)CC3)[C@@H]1C2. The molecule has 5 rings (SSSR count). The number of allylic oxidation sites excluding steroid dienone is 1. The van der Waals surface area contributed by atoms with Crippen LogP contribution in [-0.2, 0) is 0 Å². The van der Waals surface area contributed by atoms with Crippen LogP contribution in [0.25, 0.3) is 0 Å². The zero-order valence-corrected chi connectivity index (χ0v) is 16.4. The second-order valence-corrected chi connectivity index (χ2v) is 8.89. The number of likely N-dealkylation sites (tertiary alicyclic amines) is 1. The lowest BCUT2D eigenvalue weighted by molar-refractivity contribution is -0.0115. The standard InChI is InChI=1S/C20H31N5O2/c1-20(2)15-4-3-14(17(20)11-15)12-24-8-5-16(6-9-24)25-13-18(22-23-25)19(27)21-7-10-26/h3,13,15-17,26H,4-12H2,1-2H3,(H,21,27)/t15-,17-/m0/s1. The van der Waals surface area contributed by atoms with Gasteiger partial charge in [0.15, 0.2) is 5.69 Å². The number of aromatic nitrogens is 3. The number of aliphatic hydroxyl groups excluding tert-OH is 1. The van der Waals surface area contributed by atoms with E-state index in [9.17, 15) is 4.79 Å². The molecule has 7 heteroatoms. The van der Waals surface area contributed by atoms with Crippen LogP contribution in [0.1, 0.15) is 56.1 Å². The molecule has 2 N–H and O–H groups in total. The molecule has 1 aliphatic heterocycles. The van der Waals surface area contributed by atoms with Crippen LogP contribution in [0.15, 0.2) is 17.8 Å². The molecule has 0 unspecified atom stereocenters. The number of amides is 1. The van der Waals surface area contributed by atoms with Crippen molar-refractivity contribution in [2.45, 2.75) is 45.6 Å². The van der Waals surface area contributed by atoms with Crippen LogP contribution in [0.2, 0.25) is 0 Å². The van der Waals surface area contributed by atoms with Crippen LogP contribution >= 0.6 is 0 Å². The number of nitrogens with zero attached hydrogens (tertiary/aromatic N) is 4. The molecule has 7 nitrogen and oxygen atoms in total. The van der Waals surface area contributed by atoms with Gasteiger partial charge in [-0.2, -0.15) is 0 Å². The van der Waals surface area contributed by atoms with Gasteiger partial charge in [0, 0.05) is 26.2 Å². The first-order valence-corrected chi connectivity index (χ1v) is 10.2. The molecule has 2 heterocycles. The molecule has 2 bridgehead atoms. The van der Waals surface area contributed by atoms with E-state index in [0.29, 0.717) is 17.2 Å². The molecular weight excluding hydrogens is 342 g/mol. The lowest BCUT2D eigenvalue weighted by Gasteiger charge is -2.57. The van der Waals surface area contributed by atoms with Crippen LogP contribution in [0, 0.1) is 17.3 Å². The van der Waals surface area contributed by atoms with Crippen molar-refractivity contribution in [1.29, 1.82) is 0 Å². The first-order chi connectivity index (χ1) is 13.0. The van der Waals surface area contributed by atoms with Gasteiger partial charge >= 0.3 is 0 Å². The van der Waals surface area contributed by atoms with Gasteiger partial charge < -0.3 is 10.4 Å². The largest absolute Gasteiger partial charge is 0.395 e. The van der Waals surface area contributed by atoms with E-state index in [1.165, 1.54) is 12.8 Å². The number of hydrogen-bond donors (Lipinski definition) is 2. The topological polar surface area (TPSA) is 83.3 Å². The second-order valence-electron chi connectivity index (χ2n) is 8.89. The summed E-state index contributed by atoms with van der Waals surface area (Å²) in [6, 6.07) is 0.304. The summed E-state index contributed by atoms with van der Waals surface area (Å²) >= 11 is 0. The Bertz CT molecular complexity index is 718. The van der Waals surface area contributed by atoms with Crippen LogP contribution in [-0.4, -0.2) is 63.7 Å². The Morgan fingerprint density at radius 3 is 2.81 bits per heavy atom. The number of nitrogens with one attached hydrogen (secondary N) is 1. The van der Waals surface area contributed by atoms with Crippen LogP contribution < -0.4 is 5.32 Å². The maximum absolute atomic E-state index is 11.9. The second kappa shape index (κ2) is 7.36. The predicted octanol–water partition coefficient (Wildman–Crippen LogP) is 1.63. The fourth-order valence-electron chi connectivity index (χ4n) is 5.08. The summed E-state index contributed by atoms with van der Waals surface area (Å²) in [6.45, 7) is 8.26. The normalized spacial score (nSPS) is 27.7. The third-order valence-corrected chi connectivity index (χ3v) is 7.06. The maximum Gasteiger partial charge on any atom is 0.273 e. The molecule has 1 aromatic heterocycles. The van der Waals surface area contributed by atoms with E-state index in [-0.39, 0.29) is 19.1 Å². The molecule has 148 valence electrons. The summed E-state index contributed by atoms with van der Waals surface area (Å²) < 4.78 is 1.84. The van der Waals surface area contributed by atoms with Gasteiger partial charge in [0.05, 0.1) is 18.8 Å². The van der Waals surface area contributed by atoms with E-state index in [2.05, 4.69) is 40.5 Å². The average molecular weight is 374 g/mol. The van der Waals surface area contributed by atoms with Crippen LogP contribution in [0.3, 0.4) is 0 Å². The zero-order valence-electron chi connectivity index (χ0n) is 16.4. The maximum atomic E-state index is 11.9. The first kappa shape index (κ1) is 18.6. The molecule has 1 aromatic rings. The zero-order chi connectivity index (χ0) is 19.0. The van der Waals surface area contributed by atoms with E-state index in [1.807, 2.05) is 4.68 Å². The van der Waals surface area contributed by atoms with Gasteiger partial charge in [0.1, 0.15) is 0 Å². The van der Waals surface area contributed by atoms with E-state index < -0.39 is 0 Å². The molecule has 0 aromatic carbocycles. The van der Waals surface area contributed by atoms with E-state index in [4.69, 9.17) is 5.11 Å². The van der Waals surface area contributed by atoms with Gasteiger partial charge in [-0.05, 0) is 42.9 Å². The van der Waals surface area contributed by atoms with Crippen molar-refractivity contribution in [3.63, 3.8) is 0 Å².